The highest BCUT2D eigenvalue weighted by Crippen LogP contribution is 2.43. The second kappa shape index (κ2) is 7.20. The molecule has 2 aromatic rings. The van der Waals surface area contributed by atoms with Crippen LogP contribution in [-0.2, 0) is 9.59 Å². The molecule has 0 bridgehead atoms. The van der Waals surface area contributed by atoms with Gasteiger partial charge in [0.25, 0.3) is 0 Å². The molecule has 0 radical (unpaired) electrons. The number of ketones is 1. The minimum atomic E-state index is -0.207. The van der Waals surface area contributed by atoms with Gasteiger partial charge in [0.2, 0.25) is 5.91 Å². The second-order valence-electron chi connectivity index (χ2n) is 6.88. The Bertz CT molecular complexity index is 933. The summed E-state index contributed by atoms with van der Waals surface area (Å²) in [6, 6.07) is 14.9. The van der Waals surface area contributed by atoms with Gasteiger partial charge in [-0.1, -0.05) is 29.8 Å². The Hall–Kier alpha value is -2.59. The quantitative estimate of drug-likeness (QED) is 0.761. The molecule has 2 aliphatic rings. The SMILES string of the molecule is COc1ccc(C2CC(=O)N(c3cccc(Cl)c3)C3=C2C(=O)CCC3)cc1. The zero-order valence-corrected chi connectivity index (χ0v) is 15.8. The molecule has 5 heteroatoms. The number of nitrogens with zero attached hydrogens (tertiary/aromatic N) is 1. The van der Waals surface area contributed by atoms with Gasteiger partial charge >= 0.3 is 0 Å². The molecule has 4 rings (SSSR count). The smallest absolute Gasteiger partial charge is 0.232 e. The monoisotopic (exact) mass is 381 g/mol. The molecule has 0 fully saturated rings. The van der Waals surface area contributed by atoms with E-state index in [0.29, 0.717) is 17.9 Å². The predicted octanol–water partition coefficient (Wildman–Crippen LogP) is 4.88. The number of ether oxygens (including phenoxy) is 1. The van der Waals surface area contributed by atoms with Gasteiger partial charge in [-0.2, -0.15) is 0 Å². The minimum absolute atomic E-state index is 0.00784. The van der Waals surface area contributed by atoms with Crippen molar-refractivity contribution in [2.75, 3.05) is 12.0 Å². The number of benzene rings is 2. The highest BCUT2D eigenvalue weighted by Gasteiger charge is 2.39. The molecule has 2 aromatic carbocycles. The maximum Gasteiger partial charge on any atom is 0.232 e. The molecule has 0 saturated carbocycles. The van der Waals surface area contributed by atoms with Crippen LogP contribution >= 0.6 is 11.6 Å². The largest absolute Gasteiger partial charge is 0.497 e. The number of hydrogen-bond donors (Lipinski definition) is 0. The van der Waals surface area contributed by atoms with Crippen molar-refractivity contribution in [3.05, 3.63) is 70.4 Å². The molecule has 0 spiro atoms. The summed E-state index contributed by atoms with van der Waals surface area (Å²) < 4.78 is 5.22. The third-order valence-corrected chi connectivity index (χ3v) is 5.49. The Morgan fingerprint density at radius 2 is 1.85 bits per heavy atom. The van der Waals surface area contributed by atoms with Gasteiger partial charge in [0.15, 0.2) is 5.78 Å². The standard InChI is InChI=1S/C22H20ClNO3/c1-27-17-10-8-14(9-11-17)18-13-21(26)24(16-5-2-4-15(23)12-16)19-6-3-7-20(25)22(18)19/h2,4-5,8-12,18H,3,6-7,13H2,1H3. The number of carbonyl (C=O) groups excluding carboxylic acids is 2. The molecular weight excluding hydrogens is 362 g/mol. The molecule has 4 nitrogen and oxygen atoms in total. The fourth-order valence-corrected chi connectivity index (χ4v) is 4.21. The number of halogens is 1. The average Bonchev–Trinajstić information content (AvgIpc) is 2.67. The van der Waals surface area contributed by atoms with E-state index in [4.69, 9.17) is 16.3 Å². The van der Waals surface area contributed by atoms with Crippen molar-refractivity contribution in [3.63, 3.8) is 0 Å². The first-order valence-corrected chi connectivity index (χ1v) is 9.45. The fourth-order valence-electron chi connectivity index (χ4n) is 4.03. The van der Waals surface area contributed by atoms with Crippen molar-refractivity contribution in [1.82, 2.24) is 0 Å². The number of rotatable bonds is 3. The second-order valence-corrected chi connectivity index (χ2v) is 7.31. The van der Waals surface area contributed by atoms with Gasteiger partial charge < -0.3 is 4.74 Å². The minimum Gasteiger partial charge on any atom is -0.497 e. The summed E-state index contributed by atoms with van der Waals surface area (Å²) in [6.07, 6.45) is 2.27. The van der Waals surface area contributed by atoms with Crippen molar-refractivity contribution in [3.8, 4) is 5.75 Å². The summed E-state index contributed by atoms with van der Waals surface area (Å²) in [5, 5.41) is 0.571. The number of anilines is 1. The lowest BCUT2D eigenvalue weighted by molar-refractivity contribution is -0.119. The van der Waals surface area contributed by atoms with E-state index < -0.39 is 0 Å². The summed E-state index contributed by atoms with van der Waals surface area (Å²) in [5.74, 6) is 0.676. The number of amides is 1. The topological polar surface area (TPSA) is 46.6 Å². The van der Waals surface area contributed by atoms with E-state index in [0.717, 1.165) is 34.7 Å². The van der Waals surface area contributed by atoms with Crippen LogP contribution in [0, 0.1) is 0 Å². The summed E-state index contributed by atoms with van der Waals surface area (Å²) >= 11 is 6.14. The number of methoxy groups -OCH3 is 1. The van der Waals surface area contributed by atoms with Gasteiger partial charge in [-0.3, -0.25) is 14.5 Å². The van der Waals surface area contributed by atoms with Gasteiger partial charge in [-0.25, -0.2) is 0 Å². The number of Topliss-reactive ketones (excluding diaryl/α,β-unsaturated/α-hetero) is 1. The van der Waals surface area contributed by atoms with E-state index in [-0.39, 0.29) is 24.0 Å². The van der Waals surface area contributed by atoms with Crippen molar-refractivity contribution in [1.29, 1.82) is 0 Å². The molecule has 27 heavy (non-hydrogen) atoms. The van der Waals surface area contributed by atoms with E-state index >= 15 is 0 Å². The molecule has 1 unspecified atom stereocenters. The molecular formula is C22H20ClNO3. The van der Waals surface area contributed by atoms with Gasteiger partial charge in [-0.05, 0) is 48.7 Å². The maximum atomic E-state index is 13.1. The fraction of sp³-hybridized carbons (Fsp3) is 0.273. The number of allylic oxidation sites excluding steroid dienone is 2. The molecule has 0 N–H and O–H groups in total. The first kappa shape index (κ1) is 17.8. The lowest BCUT2D eigenvalue weighted by Crippen LogP contribution is -2.40. The highest BCUT2D eigenvalue weighted by atomic mass is 35.5. The van der Waals surface area contributed by atoms with Crippen LogP contribution in [0.25, 0.3) is 0 Å². The molecule has 1 aliphatic carbocycles. The Balaban J connectivity index is 1.82. The van der Waals surface area contributed by atoms with Crippen molar-refractivity contribution in [2.45, 2.75) is 31.6 Å². The van der Waals surface area contributed by atoms with Gasteiger partial charge in [-0.15, -0.1) is 0 Å². The van der Waals surface area contributed by atoms with E-state index in [9.17, 15) is 9.59 Å². The first-order chi connectivity index (χ1) is 13.1. The highest BCUT2D eigenvalue weighted by molar-refractivity contribution is 6.31. The zero-order chi connectivity index (χ0) is 19.0. The van der Waals surface area contributed by atoms with Gasteiger partial charge in [0.1, 0.15) is 5.75 Å². The zero-order valence-electron chi connectivity index (χ0n) is 15.1. The van der Waals surface area contributed by atoms with E-state index in [1.54, 1.807) is 24.1 Å². The Kier molecular flexibility index (Phi) is 4.75. The number of hydrogen-bond acceptors (Lipinski definition) is 3. The van der Waals surface area contributed by atoms with Crippen LogP contribution in [0.4, 0.5) is 5.69 Å². The third kappa shape index (κ3) is 3.26. The summed E-state index contributed by atoms with van der Waals surface area (Å²) in [5.41, 5.74) is 3.29. The van der Waals surface area contributed by atoms with Crippen LogP contribution in [0.1, 0.15) is 37.2 Å². The summed E-state index contributed by atoms with van der Waals surface area (Å²) in [6.45, 7) is 0. The van der Waals surface area contributed by atoms with Crippen molar-refractivity contribution < 1.29 is 14.3 Å². The summed E-state index contributed by atoms with van der Waals surface area (Å²) in [7, 11) is 1.62. The van der Waals surface area contributed by atoms with Crippen molar-refractivity contribution in [2.24, 2.45) is 0 Å². The lowest BCUT2D eigenvalue weighted by Gasteiger charge is -2.38. The molecule has 0 aromatic heterocycles. The van der Waals surface area contributed by atoms with Crippen LogP contribution in [-0.4, -0.2) is 18.8 Å². The molecule has 1 atom stereocenters. The van der Waals surface area contributed by atoms with Crippen molar-refractivity contribution >= 4 is 29.0 Å². The van der Waals surface area contributed by atoms with E-state index in [2.05, 4.69) is 0 Å². The van der Waals surface area contributed by atoms with Crippen LogP contribution in [0.2, 0.25) is 5.02 Å². The van der Waals surface area contributed by atoms with Crippen LogP contribution in [0.3, 0.4) is 0 Å². The molecule has 1 aliphatic heterocycles. The third-order valence-electron chi connectivity index (χ3n) is 5.26. The maximum absolute atomic E-state index is 13.1. The number of carbonyl (C=O) groups is 2. The van der Waals surface area contributed by atoms with E-state index in [1.165, 1.54) is 0 Å². The molecule has 138 valence electrons. The Morgan fingerprint density at radius 3 is 2.56 bits per heavy atom. The van der Waals surface area contributed by atoms with Crippen LogP contribution in [0.5, 0.6) is 5.75 Å². The molecule has 1 heterocycles. The molecule has 1 amide bonds. The average molecular weight is 382 g/mol. The van der Waals surface area contributed by atoms with Crippen LogP contribution in [0.15, 0.2) is 59.8 Å². The lowest BCUT2D eigenvalue weighted by atomic mass is 9.77. The summed E-state index contributed by atoms with van der Waals surface area (Å²) in [4.78, 5) is 27.6. The van der Waals surface area contributed by atoms with E-state index in [1.807, 2.05) is 36.4 Å². The molecule has 0 saturated heterocycles. The van der Waals surface area contributed by atoms with Gasteiger partial charge in [0, 0.05) is 35.1 Å². The first-order valence-electron chi connectivity index (χ1n) is 9.07. The Labute approximate surface area is 163 Å². The predicted molar refractivity (Wildman–Crippen MR) is 105 cm³/mol. The van der Waals surface area contributed by atoms with Crippen LogP contribution < -0.4 is 9.64 Å². The Morgan fingerprint density at radius 1 is 1.07 bits per heavy atom. The van der Waals surface area contributed by atoms with Gasteiger partial charge in [0.05, 0.1) is 12.8 Å². The normalized spacial score (nSPS) is 19.9.